The molecule has 0 amide bonds. The summed E-state index contributed by atoms with van der Waals surface area (Å²) in [5, 5.41) is 19.6. The van der Waals surface area contributed by atoms with Crippen LogP contribution in [-0.4, -0.2) is 36.7 Å². The number of ether oxygens (including phenoxy) is 1. The Morgan fingerprint density at radius 2 is 1.87 bits per heavy atom. The Balaban J connectivity index is 2.28. The van der Waals surface area contributed by atoms with E-state index in [4.69, 9.17) is 9.88 Å². The van der Waals surface area contributed by atoms with Gasteiger partial charge in [0.25, 0.3) is 5.69 Å². The molecule has 0 unspecified atom stereocenters. The van der Waals surface area contributed by atoms with Crippen LogP contribution in [0.25, 0.3) is 0 Å². The third-order valence-corrected chi connectivity index (χ3v) is 5.97. The molecule has 0 aliphatic heterocycles. The number of nitro benzene ring substituents is 1. The van der Waals surface area contributed by atoms with Gasteiger partial charge < -0.3 is 10.1 Å². The van der Waals surface area contributed by atoms with Gasteiger partial charge in [-0.15, -0.1) is 11.8 Å². The molecule has 0 bridgehead atoms. The van der Waals surface area contributed by atoms with Gasteiger partial charge in [0.2, 0.25) is 10.0 Å². The summed E-state index contributed by atoms with van der Waals surface area (Å²) >= 11 is 1.47. The highest BCUT2D eigenvalue weighted by Gasteiger charge is 2.24. The molecule has 9 nitrogen and oxygen atoms in total. The van der Waals surface area contributed by atoms with Crippen LogP contribution in [0.2, 0.25) is 0 Å². The van der Waals surface area contributed by atoms with Crippen LogP contribution in [0.4, 0.5) is 11.4 Å². The Kier molecular flexibility index (Phi) is 8.04. The van der Waals surface area contributed by atoms with E-state index in [0.717, 1.165) is 11.0 Å². The molecule has 0 radical (unpaired) electrons. The summed E-state index contributed by atoms with van der Waals surface area (Å²) in [5.41, 5.74) is -1.04. The van der Waals surface area contributed by atoms with Crippen LogP contribution in [0.5, 0.6) is 0 Å². The number of nitrogens with one attached hydrogen (secondary N) is 1. The molecule has 0 aromatic heterocycles. The lowest BCUT2D eigenvalue weighted by molar-refractivity contribution is -0.384. The van der Waals surface area contributed by atoms with E-state index >= 15 is 0 Å². The second-order valence-corrected chi connectivity index (χ2v) is 10.4. The second-order valence-electron chi connectivity index (χ2n) is 7.74. The maximum atomic E-state index is 12.4. The molecule has 0 fully saturated rings. The number of primary sulfonamides is 1. The molecule has 11 heteroatoms. The molecule has 2 aromatic carbocycles. The smallest absolute Gasteiger partial charge is 0.308 e. The summed E-state index contributed by atoms with van der Waals surface area (Å²) in [6, 6.07) is 12.3. The third-order valence-electron chi connectivity index (χ3n) is 3.88. The van der Waals surface area contributed by atoms with Gasteiger partial charge in [0.15, 0.2) is 0 Å². The first-order valence-corrected chi connectivity index (χ1v) is 11.9. The minimum absolute atomic E-state index is 0.0365. The van der Waals surface area contributed by atoms with E-state index in [0.29, 0.717) is 5.75 Å². The first-order valence-electron chi connectivity index (χ1n) is 9.32. The molecular weight excluding hydrogens is 442 g/mol. The number of hydrogen-bond donors (Lipinski definition) is 2. The minimum Gasteiger partial charge on any atom is -0.460 e. The van der Waals surface area contributed by atoms with E-state index in [1.807, 2.05) is 30.3 Å². The zero-order valence-corrected chi connectivity index (χ0v) is 19.0. The van der Waals surface area contributed by atoms with Crippen LogP contribution in [0.1, 0.15) is 27.2 Å². The van der Waals surface area contributed by atoms with Crippen LogP contribution in [0, 0.1) is 10.1 Å². The molecule has 31 heavy (non-hydrogen) atoms. The summed E-state index contributed by atoms with van der Waals surface area (Å²) < 4.78 is 28.5. The lowest BCUT2D eigenvalue weighted by atomic mass is 10.1. The van der Waals surface area contributed by atoms with Crippen molar-refractivity contribution in [1.29, 1.82) is 0 Å². The van der Waals surface area contributed by atoms with Crippen LogP contribution in [-0.2, 0) is 19.6 Å². The number of carbonyl (C=O) groups is 1. The van der Waals surface area contributed by atoms with Gasteiger partial charge in [0.1, 0.15) is 11.3 Å². The molecule has 0 saturated heterocycles. The number of rotatable bonds is 9. The lowest BCUT2D eigenvalue weighted by Gasteiger charge is -2.23. The third kappa shape index (κ3) is 8.19. The van der Waals surface area contributed by atoms with Gasteiger partial charge in [-0.25, -0.2) is 13.6 Å². The van der Waals surface area contributed by atoms with Crippen LogP contribution in [0.15, 0.2) is 58.3 Å². The van der Waals surface area contributed by atoms with Crippen LogP contribution in [0.3, 0.4) is 0 Å². The Morgan fingerprint density at radius 3 is 2.42 bits per heavy atom. The van der Waals surface area contributed by atoms with E-state index < -0.39 is 38.2 Å². The average Bonchev–Trinajstić information content (AvgIpc) is 2.64. The fourth-order valence-corrected chi connectivity index (χ4v) is 4.11. The van der Waals surface area contributed by atoms with Crippen molar-refractivity contribution in [3.63, 3.8) is 0 Å². The van der Waals surface area contributed by atoms with Crippen molar-refractivity contribution < 1.29 is 22.9 Å². The standard InChI is InChI=1S/C20H25N3O6S2/c1-20(2,3)29-19(24)11-14(13-30-15-7-5-4-6-8-15)22-17-10-9-16(31(21,27)28)12-18(17)23(25)26/h4-10,12,14,22H,11,13H2,1-3H3,(H2,21,27,28)/t14-/m0/s1. The fourth-order valence-electron chi connectivity index (χ4n) is 2.63. The number of carbonyl (C=O) groups excluding carboxylic acids is 1. The molecule has 168 valence electrons. The number of esters is 1. The van der Waals surface area contributed by atoms with Crippen molar-refractivity contribution >= 4 is 39.1 Å². The number of thioether (sulfide) groups is 1. The first kappa shape index (κ1) is 24.6. The lowest BCUT2D eigenvalue weighted by Crippen LogP contribution is -2.31. The predicted octanol–water partition coefficient (Wildman–Crippen LogP) is 3.55. The SMILES string of the molecule is CC(C)(C)OC(=O)C[C@@H](CSc1ccccc1)Nc1ccc(S(N)(=O)=O)cc1[N+](=O)[O-]. The number of anilines is 1. The van der Waals surface area contributed by atoms with Gasteiger partial charge in [-0.1, -0.05) is 18.2 Å². The number of benzene rings is 2. The maximum Gasteiger partial charge on any atom is 0.308 e. The molecule has 0 aliphatic carbocycles. The largest absolute Gasteiger partial charge is 0.460 e. The Labute approximate surface area is 185 Å². The summed E-state index contributed by atoms with van der Waals surface area (Å²) in [4.78, 5) is 23.8. The monoisotopic (exact) mass is 467 g/mol. The average molecular weight is 468 g/mol. The predicted molar refractivity (Wildman–Crippen MR) is 120 cm³/mol. The summed E-state index contributed by atoms with van der Waals surface area (Å²) in [5.74, 6) is -0.0420. The second kappa shape index (κ2) is 10.1. The molecule has 3 N–H and O–H groups in total. The van der Waals surface area contributed by atoms with Crippen molar-refractivity contribution in [3.8, 4) is 0 Å². The number of hydrogen-bond acceptors (Lipinski definition) is 8. The summed E-state index contributed by atoms with van der Waals surface area (Å²) in [7, 11) is -4.10. The zero-order chi connectivity index (χ0) is 23.2. The normalized spacial score (nSPS) is 12.8. The van der Waals surface area contributed by atoms with E-state index in [2.05, 4.69) is 5.32 Å². The molecule has 1 atom stereocenters. The number of sulfonamides is 1. The van der Waals surface area contributed by atoms with Crippen molar-refractivity contribution in [2.45, 2.75) is 48.6 Å². The van der Waals surface area contributed by atoms with Crippen molar-refractivity contribution in [2.75, 3.05) is 11.1 Å². The van der Waals surface area contributed by atoms with E-state index in [1.165, 1.54) is 23.9 Å². The van der Waals surface area contributed by atoms with Gasteiger partial charge in [-0.05, 0) is 45.0 Å². The van der Waals surface area contributed by atoms with E-state index in [-0.39, 0.29) is 17.0 Å². The molecule has 0 aliphatic rings. The molecule has 0 saturated carbocycles. The van der Waals surface area contributed by atoms with Gasteiger partial charge in [0.05, 0.1) is 16.2 Å². The fraction of sp³-hybridized carbons (Fsp3) is 0.350. The van der Waals surface area contributed by atoms with E-state index in [1.54, 1.807) is 20.8 Å². The quantitative estimate of drug-likeness (QED) is 0.247. The first-order chi connectivity index (χ1) is 14.3. The van der Waals surface area contributed by atoms with Gasteiger partial charge >= 0.3 is 5.97 Å². The molecule has 2 rings (SSSR count). The van der Waals surface area contributed by atoms with E-state index in [9.17, 15) is 23.3 Å². The van der Waals surface area contributed by atoms with Crippen molar-refractivity contribution in [1.82, 2.24) is 0 Å². The topological polar surface area (TPSA) is 142 Å². The molecular formula is C20H25N3O6S2. The van der Waals surface area contributed by atoms with Gasteiger partial charge in [0, 0.05) is 22.8 Å². The number of nitro groups is 1. The highest BCUT2D eigenvalue weighted by atomic mass is 32.2. The molecule has 2 aromatic rings. The highest BCUT2D eigenvalue weighted by Crippen LogP contribution is 2.29. The molecule has 0 heterocycles. The Morgan fingerprint density at radius 1 is 1.23 bits per heavy atom. The van der Waals surface area contributed by atoms with Gasteiger partial charge in [-0.3, -0.25) is 14.9 Å². The Bertz CT molecular complexity index is 1040. The van der Waals surface area contributed by atoms with Crippen molar-refractivity contribution in [3.05, 3.63) is 58.6 Å². The minimum atomic E-state index is -4.10. The molecule has 0 spiro atoms. The highest BCUT2D eigenvalue weighted by molar-refractivity contribution is 7.99. The van der Waals surface area contributed by atoms with Crippen LogP contribution >= 0.6 is 11.8 Å². The summed E-state index contributed by atoms with van der Waals surface area (Å²) in [6.45, 7) is 5.26. The maximum absolute atomic E-state index is 12.4. The van der Waals surface area contributed by atoms with Crippen LogP contribution < -0.4 is 10.5 Å². The van der Waals surface area contributed by atoms with Gasteiger partial charge in [-0.2, -0.15) is 0 Å². The number of nitrogens with zero attached hydrogens (tertiary/aromatic N) is 1. The number of nitrogens with two attached hydrogens (primary N) is 1. The zero-order valence-electron chi connectivity index (χ0n) is 17.4. The summed E-state index contributed by atoms with van der Waals surface area (Å²) in [6.07, 6.45) is -0.0365. The van der Waals surface area contributed by atoms with Crippen molar-refractivity contribution in [2.24, 2.45) is 5.14 Å². The Hall–Kier alpha value is -2.63.